The molecule has 0 aliphatic heterocycles. The number of hydrogen-bond acceptors (Lipinski definition) is 2. The second kappa shape index (κ2) is 7.69. The lowest BCUT2D eigenvalue weighted by molar-refractivity contribution is -0.117. The molecule has 1 amide bonds. The van der Waals surface area contributed by atoms with E-state index >= 15 is 0 Å². The van der Waals surface area contributed by atoms with Crippen LogP contribution in [0.15, 0.2) is 23.5 Å². The molecular formula is C12H17NO2. The molecule has 3 nitrogen and oxygen atoms in total. The van der Waals surface area contributed by atoms with Crippen molar-refractivity contribution in [2.75, 3.05) is 13.7 Å². The first-order valence-corrected chi connectivity index (χ1v) is 4.78. The molecule has 0 unspecified atom stereocenters. The predicted molar refractivity (Wildman–Crippen MR) is 61.0 cm³/mol. The summed E-state index contributed by atoms with van der Waals surface area (Å²) in [5.41, 5.74) is 0.628. The van der Waals surface area contributed by atoms with Crippen molar-refractivity contribution in [1.29, 1.82) is 0 Å². The van der Waals surface area contributed by atoms with Crippen molar-refractivity contribution in [3.63, 3.8) is 0 Å². The highest BCUT2D eigenvalue weighted by Crippen LogP contribution is 2.03. The maximum absolute atomic E-state index is 11.3. The molecule has 0 atom stereocenters. The lowest BCUT2D eigenvalue weighted by Crippen LogP contribution is -2.23. The Balaban J connectivity index is 4.47. The number of nitrogens with one attached hydrogen (secondary N) is 1. The SMILES string of the molecule is C#CC/C(=C\C=C(/C)C(=O)NCC)OC. The average molecular weight is 207 g/mol. The minimum atomic E-state index is -0.0788. The molecule has 0 heterocycles. The van der Waals surface area contributed by atoms with E-state index < -0.39 is 0 Å². The topological polar surface area (TPSA) is 38.3 Å². The molecule has 1 N–H and O–H groups in total. The standard InChI is InChI=1S/C12H17NO2/c1-5-7-11(15-4)9-8-10(3)12(14)13-6-2/h1,8-9H,6-7H2,2-4H3,(H,13,14)/b10-8+,11-9+. The van der Waals surface area contributed by atoms with Crippen LogP contribution in [0.5, 0.6) is 0 Å². The third-order valence-corrected chi connectivity index (χ3v) is 1.75. The van der Waals surface area contributed by atoms with Gasteiger partial charge in [-0.15, -0.1) is 6.42 Å². The first-order valence-electron chi connectivity index (χ1n) is 4.78. The predicted octanol–water partition coefficient (Wildman–Crippen LogP) is 1.62. The number of ether oxygens (including phenoxy) is 1. The maximum atomic E-state index is 11.3. The minimum Gasteiger partial charge on any atom is -0.500 e. The zero-order valence-electron chi connectivity index (χ0n) is 9.46. The Morgan fingerprint density at radius 3 is 2.67 bits per heavy atom. The summed E-state index contributed by atoms with van der Waals surface area (Å²) >= 11 is 0. The summed E-state index contributed by atoms with van der Waals surface area (Å²) in [5, 5.41) is 2.70. The fourth-order valence-electron chi connectivity index (χ4n) is 0.893. The van der Waals surface area contributed by atoms with Gasteiger partial charge in [0, 0.05) is 12.1 Å². The Kier molecular flexibility index (Phi) is 6.82. The highest BCUT2D eigenvalue weighted by molar-refractivity contribution is 5.92. The van der Waals surface area contributed by atoms with Gasteiger partial charge in [0.15, 0.2) is 0 Å². The van der Waals surface area contributed by atoms with Gasteiger partial charge in [0.05, 0.1) is 13.5 Å². The molecule has 0 saturated heterocycles. The van der Waals surface area contributed by atoms with E-state index in [1.54, 1.807) is 26.2 Å². The van der Waals surface area contributed by atoms with Crippen LogP contribution in [0.1, 0.15) is 20.3 Å². The van der Waals surface area contributed by atoms with Crippen LogP contribution < -0.4 is 5.32 Å². The van der Waals surface area contributed by atoms with E-state index in [1.165, 1.54) is 0 Å². The lowest BCUT2D eigenvalue weighted by atomic mass is 10.2. The first-order chi connectivity index (χ1) is 7.15. The second-order valence-corrected chi connectivity index (χ2v) is 2.93. The molecule has 0 rings (SSSR count). The Morgan fingerprint density at radius 1 is 1.53 bits per heavy atom. The molecule has 0 aromatic heterocycles. The van der Waals surface area contributed by atoms with E-state index in [2.05, 4.69) is 11.2 Å². The Hall–Kier alpha value is -1.69. The van der Waals surface area contributed by atoms with Crippen molar-refractivity contribution < 1.29 is 9.53 Å². The Labute approximate surface area is 91.2 Å². The van der Waals surface area contributed by atoms with Gasteiger partial charge >= 0.3 is 0 Å². The molecule has 0 radical (unpaired) electrons. The smallest absolute Gasteiger partial charge is 0.246 e. The van der Waals surface area contributed by atoms with Crippen LogP contribution in [0, 0.1) is 12.3 Å². The fourth-order valence-corrected chi connectivity index (χ4v) is 0.893. The van der Waals surface area contributed by atoms with E-state index in [9.17, 15) is 4.79 Å². The van der Waals surface area contributed by atoms with Gasteiger partial charge in [-0.05, 0) is 19.9 Å². The Bertz CT molecular complexity index is 308. The van der Waals surface area contributed by atoms with Crippen molar-refractivity contribution in [2.24, 2.45) is 0 Å². The number of carbonyl (C=O) groups excluding carboxylic acids is 1. The third kappa shape index (κ3) is 5.58. The van der Waals surface area contributed by atoms with E-state index in [4.69, 9.17) is 11.2 Å². The molecule has 0 fully saturated rings. The van der Waals surface area contributed by atoms with Gasteiger partial charge in [-0.1, -0.05) is 12.0 Å². The van der Waals surface area contributed by atoms with Crippen LogP contribution in [0.2, 0.25) is 0 Å². The molecule has 3 heteroatoms. The number of methoxy groups -OCH3 is 1. The summed E-state index contributed by atoms with van der Waals surface area (Å²) in [6.07, 6.45) is 8.98. The molecular weight excluding hydrogens is 190 g/mol. The second-order valence-electron chi connectivity index (χ2n) is 2.93. The number of hydrogen-bond donors (Lipinski definition) is 1. The summed E-state index contributed by atoms with van der Waals surface area (Å²) in [6.45, 7) is 4.24. The number of rotatable bonds is 5. The van der Waals surface area contributed by atoms with Crippen LogP contribution in [0.4, 0.5) is 0 Å². The summed E-state index contributed by atoms with van der Waals surface area (Å²) < 4.78 is 5.02. The van der Waals surface area contributed by atoms with Crippen LogP contribution in [-0.4, -0.2) is 19.6 Å². The molecule has 0 aliphatic rings. The van der Waals surface area contributed by atoms with Crippen molar-refractivity contribution >= 4 is 5.91 Å². The molecule has 0 saturated carbocycles. The summed E-state index contributed by atoms with van der Waals surface area (Å²) in [7, 11) is 1.55. The summed E-state index contributed by atoms with van der Waals surface area (Å²) in [5.74, 6) is 3.06. The molecule has 0 aromatic carbocycles. The molecule has 0 spiro atoms. The largest absolute Gasteiger partial charge is 0.500 e. The number of terminal acetylenes is 1. The number of carbonyl (C=O) groups is 1. The minimum absolute atomic E-state index is 0.0788. The van der Waals surface area contributed by atoms with Gasteiger partial charge < -0.3 is 10.1 Å². The summed E-state index contributed by atoms with van der Waals surface area (Å²) in [6, 6.07) is 0. The van der Waals surface area contributed by atoms with Gasteiger partial charge in [-0.25, -0.2) is 0 Å². The highest BCUT2D eigenvalue weighted by atomic mass is 16.5. The van der Waals surface area contributed by atoms with Crippen LogP contribution in [-0.2, 0) is 9.53 Å². The molecule has 15 heavy (non-hydrogen) atoms. The van der Waals surface area contributed by atoms with Crippen LogP contribution in [0.25, 0.3) is 0 Å². The Morgan fingerprint density at radius 2 is 2.20 bits per heavy atom. The van der Waals surface area contributed by atoms with Gasteiger partial charge in [-0.3, -0.25) is 4.79 Å². The van der Waals surface area contributed by atoms with Crippen molar-refractivity contribution in [2.45, 2.75) is 20.3 Å². The monoisotopic (exact) mass is 207 g/mol. The van der Waals surface area contributed by atoms with Crippen molar-refractivity contribution in [3.05, 3.63) is 23.5 Å². The molecule has 0 aromatic rings. The van der Waals surface area contributed by atoms with Crippen molar-refractivity contribution in [1.82, 2.24) is 5.32 Å². The third-order valence-electron chi connectivity index (χ3n) is 1.75. The van der Waals surface area contributed by atoms with Crippen molar-refractivity contribution in [3.8, 4) is 12.3 Å². The van der Waals surface area contributed by atoms with Crippen LogP contribution >= 0.6 is 0 Å². The first kappa shape index (κ1) is 13.3. The van der Waals surface area contributed by atoms with Crippen LogP contribution in [0.3, 0.4) is 0 Å². The normalized spacial score (nSPS) is 11.9. The van der Waals surface area contributed by atoms with Gasteiger partial charge in [0.2, 0.25) is 5.91 Å². The van der Waals surface area contributed by atoms with E-state index in [0.717, 1.165) is 0 Å². The number of amides is 1. The van der Waals surface area contributed by atoms with Gasteiger partial charge in [0.25, 0.3) is 0 Å². The zero-order chi connectivity index (χ0) is 11.7. The quantitative estimate of drug-likeness (QED) is 0.322. The summed E-state index contributed by atoms with van der Waals surface area (Å²) in [4.78, 5) is 11.3. The van der Waals surface area contributed by atoms with E-state index in [0.29, 0.717) is 24.3 Å². The van der Waals surface area contributed by atoms with Gasteiger partial charge in [-0.2, -0.15) is 0 Å². The zero-order valence-corrected chi connectivity index (χ0v) is 9.46. The molecule has 0 bridgehead atoms. The average Bonchev–Trinajstić information content (AvgIpc) is 2.24. The molecule has 0 aliphatic carbocycles. The lowest BCUT2D eigenvalue weighted by Gasteiger charge is -2.02. The molecule has 82 valence electrons. The highest BCUT2D eigenvalue weighted by Gasteiger charge is 2.00. The van der Waals surface area contributed by atoms with E-state index in [-0.39, 0.29) is 5.91 Å². The number of allylic oxidation sites excluding steroid dienone is 3. The van der Waals surface area contributed by atoms with Gasteiger partial charge in [0.1, 0.15) is 5.76 Å². The number of likely N-dealkylation sites (N-methyl/N-ethyl adjacent to an activating group) is 1. The van der Waals surface area contributed by atoms with E-state index in [1.807, 2.05) is 6.92 Å². The maximum Gasteiger partial charge on any atom is 0.246 e. The fraction of sp³-hybridized carbons (Fsp3) is 0.417.